The molecule has 0 saturated heterocycles. The van der Waals surface area contributed by atoms with Gasteiger partial charge in [0.25, 0.3) is 0 Å². The second-order valence-electron chi connectivity index (χ2n) is 6.02. The topological polar surface area (TPSA) is 30.5 Å². The minimum Gasteiger partial charge on any atom is -0.493 e. The van der Waals surface area contributed by atoms with Crippen molar-refractivity contribution >= 4 is 0 Å². The van der Waals surface area contributed by atoms with Gasteiger partial charge in [-0.25, -0.2) is 0 Å². The minimum atomic E-state index is -4.32. The molecule has 1 N–H and O–H groups in total. The predicted molar refractivity (Wildman–Crippen MR) is 89.1 cm³/mol. The van der Waals surface area contributed by atoms with Crippen molar-refractivity contribution in [3.8, 4) is 11.5 Å². The molecule has 1 aliphatic heterocycles. The van der Waals surface area contributed by atoms with Crippen molar-refractivity contribution in [2.24, 2.45) is 0 Å². The Labute approximate surface area is 144 Å². The van der Waals surface area contributed by atoms with Crippen LogP contribution in [0.3, 0.4) is 0 Å². The van der Waals surface area contributed by atoms with Crippen molar-refractivity contribution in [2.45, 2.75) is 25.1 Å². The first-order valence-electron chi connectivity index (χ1n) is 8.16. The molecular formula is C19H20F3NO2. The average molecular weight is 351 g/mol. The summed E-state index contributed by atoms with van der Waals surface area (Å²) in [4.78, 5) is 0. The molecule has 25 heavy (non-hydrogen) atoms. The van der Waals surface area contributed by atoms with Crippen LogP contribution >= 0.6 is 0 Å². The molecule has 0 radical (unpaired) electrons. The molecule has 3 nitrogen and oxygen atoms in total. The Morgan fingerprint density at radius 3 is 2.72 bits per heavy atom. The summed E-state index contributed by atoms with van der Waals surface area (Å²) in [5.41, 5.74) is 0.784. The molecule has 0 fully saturated rings. The maximum Gasteiger partial charge on any atom is 0.416 e. The van der Waals surface area contributed by atoms with Crippen molar-refractivity contribution in [3.63, 3.8) is 0 Å². The normalized spacial score (nSPS) is 16.9. The summed E-state index contributed by atoms with van der Waals surface area (Å²) in [6.45, 7) is 0.925. The monoisotopic (exact) mass is 351 g/mol. The number of nitrogens with one attached hydrogen (secondary N) is 1. The second kappa shape index (κ2) is 7.35. The zero-order valence-electron chi connectivity index (χ0n) is 13.9. The highest BCUT2D eigenvalue weighted by atomic mass is 19.4. The van der Waals surface area contributed by atoms with Crippen LogP contribution in [0.25, 0.3) is 0 Å². The van der Waals surface area contributed by atoms with Gasteiger partial charge in [0, 0.05) is 6.04 Å². The molecule has 0 aliphatic carbocycles. The van der Waals surface area contributed by atoms with Crippen LogP contribution in [0.2, 0.25) is 0 Å². The van der Waals surface area contributed by atoms with Gasteiger partial charge in [0.1, 0.15) is 6.61 Å². The van der Waals surface area contributed by atoms with Crippen LogP contribution in [0.5, 0.6) is 11.5 Å². The summed E-state index contributed by atoms with van der Waals surface area (Å²) in [7, 11) is 1.60. The fourth-order valence-corrected chi connectivity index (χ4v) is 3.11. The molecule has 2 aromatic carbocycles. The molecule has 1 aliphatic rings. The van der Waals surface area contributed by atoms with Crippen molar-refractivity contribution < 1.29 is 22.6 Å². The fraction of sp³-hybridized carbons (Fsp3) is 0.368. The average Bonchev–Trinajstić information content (AvgIpc) is 2.60. The molecule has 1 atom stereocenters. The third-order valence-electron chi connectivity index (χ3n) is 4.33. The lowest BCUT2D eigenvalue weighted by molar-refractivity contribution is -0.138. The number of fused-ring (bicyclic) bond motifs is 1. The van der Waals surface area contributed by atoms with Crippen LogP contribution in [0.4, 0.5) is 13.2 Å². The highest BCUT2D eigenvalue weighted by Crippen LogP contribution is 2.34. The summed E-state index contributed by atoms with van der Waals surface area (Å²) < 4.78 is 50.1. The van der Waals surface area contributed by atoms with E-state index >= 15 is 0 Å². The summed E-state index contributed by atoms with van der Waals surface area (Å²) in [6.07, 6.45) is -3.25. The van der Waals surface area contributed by atoms with E-state index in [1.54, 1.807) is 13.2 Å². The van der Waals surface area contributed by atoms with Gasteiger partial charge in [-0.1, -0.05) is 30.3 Å². The largest absolute Gasteiger partial charge is 0.493 e. The molecule has 1 heterocycles. The third kappa shape index (κ3) is 4.07. The Hall–Kier alpha value is -2.21. The lowest BCUT2D eigenvalue weighted by Crippen LogP contribution is -2.40. The van der Waals surface area contributed by atoms with Crippen LogP contribution in [0.1, 0.15) is 16.7 Å². The minimum absolute atomic E-state index is 0.0673. The molecule has 0 spiro atoms. The predicted octanol–water partition coefficient (Wildman–Crippen LogP) is 3.85. The lowest BCUT2D eigenvalue weighted by Gasteiger charge is -2.27. The van der Waals surface area contributed by atoms with Crippen molar-refractivity contribution in [1.82, 2.24) is 5.32 Å². The third-order valence-corrected chi connectivity index (χ3v) is 4.33. The molecule has 6 heteroatoms. The van der Waals surface area contributed by atoms with Gasteiger partial charge in [-0.05, 0) is 42.6 Å². The molecule has 134 valence electrons. The van der Waals surface area contributed by atoms with Crippen molar-refractivity contribution in [1.29, 1.82) is 0 Å². The van der Waals surface area contributed by atoms with Crippen LogP contribution < -0.4 is 14.8 Å². The number of ether oxygens (including phenoxy) is 2. The van der Waals surface area contributed by atoms with Gasteiger partial charge in [-0.3, -0.25) is 0 Å². The molecular weight excluding hydrogens is 331 g/mol. The molecule has 0 bridgehead atoms. The number of hydrogen-bond donors (Lipinski definition) is 1. The van der Waals surface area contributed by atoms with E-state index in [-0.39, 0.29) is 6.04 Å². The molecule has 2 aromatic rings. The summed E-state index contributed by atoms with van der Waals surface area (Å²) in [6, 6.07) is 11.5. The standard InChI is InChI=1S/C19H20F3NO2/c1-24-17-8-4-6-14-11-15(12-25-18(14)17)23-10-9-13-5-2-3-7-16(13)19(20,21)22/h2-8,15,23H,9-12H2,1H3. The molecule has 0 amide bonds. The SMILES string of the molecule is COc1cccc2c1OCC(NCCc1ccccc1C(F)(F)F)C2. The Balaban J connectivity index is 1.59. The number of benzene rings is 2. The van der Waals surface area contributed by atoms with Gasteiger partial charge < -0.3 is 14.8 Å². The number of para-hydroxylation sites is 1. The Morgan fingerprint density at radius 1 is 1.16 bits per heavy atom. The zero-order chi connectivity index (χ0) is 17.9. The first-order chi connectivity index (χ1) is 12.0. The molecule has 1 unspecified atom stereocenters. The van der Waals surface area contributed by atoms with Crippen molar-refractivity contribution in [3.05, 3.63) is 59.2 Å². The number of alkyl halides is 3. The Bertz CT molecular complexity index is 731. The number of rotatable bonds is 5. The van der Waals surface area contributed by atoms with Crippen LogP contribution in [-0.4, -0.2) is 26.3 Å². The van der Waals surface area contributed by atoms with Crippen molar-refractivity contribution in [2.75, 3.05) is 20.3 Å². The van der Waals surface area contributed by atoms with Gasteiger partial charge in [-0.15, -0.1) is 0 Å². The Kier molecular flexibility index (Phi) is 5.18. The first kappa shape index (κ1) is 17.6. The number of halogens is 3. The van der Waals surface area contributed by atoms with E-state index < -0.39 is 11.7 Å². The second-order valence-corrected chi connectivity index (χ2v) is 6.02. The molecule has 3 rings (SSSR count). The van der Waals surface area contributed by atoms with E-state index in [4.69, 9.17) is 9.47 Å². The van der Waals surface area contributed by atoms with Gasteiger partial charge in [-0.2, -0.15) is 13.2 Å². The maximum absolute atomic E-state index is 13.0. The quantitative estimate of drug-likeness (QED) is 0.888. The van der Waals surface area contributed by atoms with Crippen LogP contribution in [0, 0.1) is 0 Å². The van der Waals surface area contributed by atoms with Crippen LogP contribution in [-0.2, 0) is 19.0 Å². The first-order valence-corrected chi connectivity index (χ1v) is 8.16. The van der Waals surface area contributed by atoms with Gasteiger partial charge in [0.15, 0.2) is 11.5 Å². The number of hydrogen-bond acceptors (Lipinski definition) is 3. The van der Waals surface area contributed by atoms with E-state index in [9.17, 15) is 13.2 Å². The zero-order valence-corrected chi connectivity index (χ0v) is 13.9. The molecule has 0 aromatic heterocycles. The summed E-state index contributed by atoms with van der Waals surface area (Å²) in [5.74, 6) is 1.46. The fourth-order valence-electron chi connectivity index (χ4n) is 3.11. The van der Waals surface area contributed by atoms with E-state index in [0.717, 1.165) is 23.8 Å². The molecule has 0 saturated carbocycles. The van der Waals surface area contributed by atoms with E-state index in [0.29, 0.717) is 30.9 Å². The smallest absolute Gasteiger partial charge is 0.416 e. The van der Waals surface area contributed by atoms with Gasteiger partial charge >= 0.3 is 6.18 Å². The lowest BCUT2D eigenvalue weighted by atomic mass is 10.0. The maximum atomic E-state index is 13.0. The highest BCUT2D eigenvalue weighted by molar-refractivity contribution is 5.48. The van der Waals surface area contributed by atoms with Crippen LogP contribution in [0.15, 0.2) is 42.5 Å². The highest BCUT2D eigenvalue weighted by Gasteiger charge is 2.32. The number of methoxy groups -OCH3 is 1. The van der Waals surface area contributed by atoms with E-state index in [1.807, 2.05) is 18.2 Å². The summed E-state index contributed by atoms with van der Waals surface area (Å²) in [5, 5.41) is 3.29. The van der Waals surface area contributed by atoms with Gasteiger partial charge in [0.05, 0.1) is 12.7 Å². The Morgan fingerprint density at radius 2 is 1.96 bits per heavy atom. The van der Waals surface area contributed by atoms with Gasteiger partial charge in [0.2, 0.25) is 0 Å². The summed E-state index contributed by atoms with van der Waals surface area (Å²) >= 11 is 0. The van der Waals surface area contributed by atoms with E-state index in [1.165, 1.54) is 12.1 Å². The van der Waals surface area contributed by atoms with E-state index in [2.05, 4.69) is 5.32 Å².